The van der Waals surface area contributed by atoms with E-state index in [1.165, 1.54) is 33.4 Å². The number of terminal acetylenes is 1. The fourth-order valence-electron chi connectivity index (χ4n) is 4.54. The summed E-state index contributed by atoms with van der Waals surface area (Å²) in [5.74, 6) is 3.44. The molecule has 2 aromatic rings. The van der Waals surface area contributed by atoms with E-state index in [0.717, 1.165) is 43.5 Å². The Morgan fingerprint density at radius 2 is 1.79 bits per heavy atom. The standard InChI is InChI=1S/C31H36N2/c1-7-24-9-11-25(12-10-24)26-13-14-27-18-28(20-29(27)19-26)22(5)32-30(17-21(3)4)23(6)33-31(8-2)15-16-31/h2,9-14,18-19,21,30,32-33H,5-7,15-17,20H2,1,3-4H3. The lowest BCUT2D eigenvalue weighted by atomic mass is 9.98. The van der Waals surface area contributed by atoms with Gasteiger partial charge in [0.05, 0.1) is 11.6 Å². The Balaban J connectivity index is 1.44. The minimum atomic E-state index is -0.191. The van der Waals surface area contributed by atoms with Gasteiger partial charge < -0.3 is 10.6 Å². The van der Waals surface area contributed by atoms with Crippen LogP contribution in [0.15, 0.2) is 72.6 Å². The van der Waals surface area contributed by atoms with Crippen molar-refractivity contribution in [2.24, 2.45) is 5.92 Å². The quantitative estimate of drug-likeness (QED) is 0.408. The summed E-state index contributed by atoms with van der Waals surface area (Å²) in [7, 11) is 0. The molecule has 2 aromatic carbocycles. The van der Waals surface area contributed by atoms with Crippen molar-refractivity contribution in [3.05, 3.63) is 89.3 Å². The number of aryl methyl sites for hydroxylation is 1. The first-order chi connectivity index (χ1) is 15.8. The molecular formula is C31H36N2. The highest BCUT2D eigenvalue weighted by Crippen LogP contribution is 2.36. The molecule has 0 bridgehead atoms. The van der Waals surface area contributed by atoms with E-state index in [1.807, 2.05) is 0 Å². The van der Waals surface area contributed by atoms with Crippen LogP contribution in [-0.2, 0) is 12.8 Å². The molecule has 2 heteroatoms. The number of hydrogen-bond acceptors (Lipinski definition) is 2. The van der Waals surface area contributed by atoms with E-state index in [9.17, 15) is 0 Å². The molecule has 1 unspecified atom stereocenters. The van der Waals surface area contributed by atoms with Gasteiger partial charge in [-0.25, -0.2) is 0 Å². The molecule has 0 aromatic heterocycles. The molecule has 0 saturated heterocycles. The van der Waals surface area contributed by atoms with Crippen molar-refractivity contribution in [2.75, 3.05) is 0 Å². The number of fused-ring (bicyclic) bond motifs is 1. The Morgan fingerprint density at radius 3 is 2.39 bits per heavy atom. The maximum absolute atomic E-state index is 5.74. The number of nitrogens with one attached hydrogen (secondary N) is 2. The molecule has 1 saturated carbocycles. The highest BCUT2D eigenvalue weighted by molar-refractivity contribution is 5.73. The first kappa shape index (κ1) is 23.0. The van der Waals surface area contributed by atoms with E-state index >= 15 is 0 Å². The lowest BCUT2D eigenvalue weighted by molar-refractivity contribution is 0.461. The zero-order chi connectivity index (χ0) is 23.6. The van der Waals surface area contributed by atoms with Crippen LogP contribution in [0, 0.1) is 18.3 Å². The normalized spacial score (nSPS) is 16.4. The van der Waals surface area contributed by atoms with Gasteiger partial charge in [0.2, 0.25) is 0 Å². The molecule has 1 atom stereocenters. The van der Waals surface area contributed by atoms with Gasteiger partial charge in [-0.15, -0.1) is 6.42 Å². The fourth-order valence-corrected chi connectivity index (χ4v) is 4.54. The third-order valence-corrected chi connectivity index (χ3v) is 6.84. The molecule has 1 fully saturated rings. The van der Waals surface area contributed by atoms with Crippen molar-refractivity contribution in [1.29, 1.82) is 0 Å². The summed E-state index contributed by atoms with van der Waals surface area (Å²) in [6.07, 6.45) is 13.0. The van der Waals surface area contributed by atoms with Gasteiger partial charge in [-0.05, 0) is 71.1 Å². The van der Waals surface area contributed by atoms with Crippen molar-refractivity contribution in [1.82, 2.24) is 10.6 Å². The first-order valence-electron chi connectivity index (χ1n) is 12.2. The first-order valence-corrected chi connectivity index (χ1v) is 12.2. The summed E-state index contributed by atoms with van der Waals surface area (Å²) in [5.41, 5.74) is 9.52. The zero-order valence-electron chi connectivity index (χ0n) is 20.3. The molecule has 0 aliphatic heterocycles. The van der Waals surface area contributed by atoms with Crippen LogP contribution in [0.5, 0.6) is 0 Å². The van der Waals surface area contributed by atoms with Crippen LogP contribution in [0.4, 0.5) is 0 Å². The van der Waals surface area contributed by atoms with Crippen LogP contribution in [0.2, 0.25) is 0 Å². The smallest absolute Gasteiger partial charge is 0.0984 e. The summed E-state index contributed by atoms with van der Waals surface area (Å²) in [5, 5.41) is 7.18. The van der Waals surface area contributed by atoms with E-state index in [1.54, 1.807) is 0 Å². The average molecular weight is 437 g/mol. The monoisotopic (exact) mass is 436 g/mol. The van der Waals surface area contributed by atoms with Crippen LogP contribution in [0.3, 0.4) is 0 Å². The molecule has 0 spiro atoms. The third kappa shape index (κ3) is 5.25. The summed E-state index contributed by atoms with van der Waals surface area (Å²) in [6.45, 7) is 15.4. The van der Waals surface area contributed by atoms with Crippen LogP contribution >= 0.6 is 0 Å². The molecule has 0 heterocycles. The van der Waals surface area contributed by atoms with Gasteiger partial charge in [0, 0.05) is 17.8 Å². The van der Waals surface area contributed by atoms with E-state index in [2.05, 4.69) is 99.0 Å². The van der Waals surface area contributed by atoms with E-state index in [0.29, 0.717) is 5.92 Å². The molecule has 33 heavy (non-hydrogen) atoms. The second-order valence-corrected chi connectivity index (χ2v) is 9.99. The van der Waals surface area contributed by atoms with Crippen molar-refractivity contribution >= 4 is 6.08 Å². The number of allylic oxidation sites excluding steroid dienone is 1. The van der Waals surface area contributed by atoms with Gasteiger partial charge >= 0.3 is 0 Å². The van der Waals surface area contributed by atoms with Gasteiger partial charge in [-0.1, -0.05) is 82.3 Å². The molecular weight excluding hydrogens is 400 g/mol. The summed E-state index contributed by atoms with van der Waals surface area (Å²) < 4.78 is 0. The Bertz CT molecular complexity index is 1120. The Morgan fingerprint density at radius 1 is 1.09 bits per heavy atom. The third-order valence-electron chi connectivity index (χ3n) is 6.84. The molecule has 2 aliphatic rings. The molecule has 2 aliphatic carbocycles. The minimum absolute atomic E-state index is 0.0978. The second-order valence-electron chi connectivity index (χ2n) is 9.99. The second kappa shape index (κ2) is 9.36. The molecule has 4 rings (SSSR count). The number of rotatable bonds is 10. The molecule has 170 valence electrons. The van der Waals surface area contributed by atoms with Gasteiger partial charge in [0.15, 0.2) is 0 Å². The van der Waals surface area contributed by atoms with Crippen molar-refractivity contribution in [3.8, 4) is 23.5 Å². The van der Waals surface area contributed by atoms with Crippen LogP contribution in [0.1, 0.15) is 56.7 Å². The summed E-state index contributed by atoms with van der Waals surface area (Å²) >= 11 is 0. The minimum Gasteiger partial charge on any atom is -0.377 e. The van der Waals surface area contributed by atoms with E-state index in [-0.39, 0.29) is 11.6 Å². The van der Waals surface area contributed by atoms with Crippen LogP contribution in [-0.4, -0.2) is 11.6 Å². The van der Waals surface area contributed by atoms with Gasteiger partial charge in [0.1, 0.15) is 0 Å². The molecule has 2 N–H and O–H groups in total. The Labute approximate surface area is 199 Å². The summed E-state index contributed by atoms with van der Waals surface area (Å²) in [6, 6.07) is 15.8. The maximum atomic E-state index is 5.74. The lowest BCUT2D eigenvalue weighted by Gasteiger charge is -2.28. The predicted octanol–water partition coefficient (Wildman–Crippen LogP) is 6.64. The van der Waals surface area contributed by atoms with Gasteiger partial charge in [-0.3, -0.25) is 0 Å². The fraction of sp³-hybridized carbons (Fsp3) is 0.355. The highest BCUT2D eigenvalue weighted by Gasteiger charge is 2.41. The van der Waals surface area contributed by atoms with Gasteiger partial charge in [-0.2, -0.15) is 0 Å². The van der Waals surface area contributed by atoms with Crippen LogP contribution in [0.25, 0.3) is 17.2 Å². The predicted molar refractivity (Wildman–Crippen MR) is 142 cm³/mol. The largest absolute Gasteiger partial charge is 0.377 e. The molecule has 0 radical (unpaired) electrons. The SMILES string of the molecule is C#CC1(NC(=C)C(CC(C)C)NC(=C)C2=Cc3ccc(-c4ccc(CC)cc4)cc3C2)CC1. The highest BCUT2D eigenvalue weighted by atomic mass is 15.1. The van der Waals surface area contributed by atoms with E-state index in [4.69, 9.17) is 6.42 Å². The van der Waals surface area contributed by atoms with Gasteiger partial charge in [0.25, 0.3) is 0 Å². The number of benzene rings is 2. The van der Waals surface area contributed by atoms with E-state index < -0.39 is 0 Å². The van der Waals surface area contributed by atoms with Crippen molar-refractivity contribution < 1.29 is 0 Å². The van der Waals surface area contributed by atoms with Crippen LogP contribution < -0.4 is 10.6 Å². The average Bonchev–Trinajstić information content (AvgIpc) is 3.45. The number of hydrogen-bond donors (Lipinski definition) is 2. The zero-order valence-corrected chi connectivity index (χ0v) is 20.3. The topological polar surface area (TPSA) is 24.1 Å². The lowest BCUT2D eigenvalue weighted by Crippen LogP contribution is -2.41. The molecule has 0 amide bonds. The Kier molecular flexibility index (Phi) is 6.52. The molecule has 2 nitrogen and oxygen atoms in total. The summed E-state index contributed by atoms with van der Waals surface area (Å²) in [4.78, 5) is 0. The maximum Gasteiger partial charge on any atom is 0.0984 e. The Hall–Kier alpha value is -3.18. The van der Waals surface area contributed by atoms with Crippen molar-refractivity contribution in [3.63, 3.8) is 0 Å². The van der Waals surface area contributed by atoms with Crippen molar-refractivity contribution in [2.45, 2.75) is 64.5 Å².